The Balaban J connectivity index is 2.24. The molecule has 0 bridgehead atoms. The number of nitrogens with two attached hydrogens (primary N) is 1. The van der Waals surface area contributed by atoms with Crippen molar-refractivity contribution in [3.8, 4) is 0 Å². The summed E-state index contributed by atoms with van der Waals surface area (Å²) in [5, 5.41) is 12.3. The first-order valence-corrected chi connectivity index (χ1v) is 6.16. The molecule has 0 fully saturated rings. The van der Waals surface area contributed by atoms with E-state index in [0.29, 0.717) is 6.54 Å². The zero-order valence-electron chi connectivity index (χ0n) is 10.4. The molecule has 4 N–H and O–H groups in total. The number of anilines is 2. The van der Waals surface area contributed by atoms with Crippen LogP contribution in [0.2, 0.25) is 5.02 Å². The number of rotatable bonds is 4. The topological polar surface area (TPSA) is 75.3 Å². The van der Waals surface area contributed by atoms with Gasteiger partial charge in [-0.1, -0.05) is 23.7 Å². The molecule has 2 aromatic carbocycles. The van der Waals surface area contributed by atoms with Gasteiger partial charge >= 0.3 is 5.97 Å². The maximum atomic E-state index is 12.8. The average molecular weight is 295 g/mol. The number of halogens is 2. The minimum Gasteiger partial charge on any atom is -0.478 e. The van der Waals surface area contributed by atoms with Crippen molar-refractivity contribution in [1.29, 1.82) is 0 Å². The van der Waals surface area contributed by atoms with Crippen molar-refractivity contribution in [3.63, 3.8) is 0 Å². The van der Waals surface area contributed by atoms with Crippen molar-refractivity contribution in [2.75, 3.05) is 11.1 Å². The lowest BCUT2D eigenvalue weighted by molar-refractivity contribution is 0.0698. The normalized spacial score (nSPS) is 10.3. The summed E-state index contributed by atoms with van der Waals surface area (Å²) in [6.07, 6.45) is 0. The molecule has 104 valence electrons. The van der Waals surface area contributed by atoms with E-state index in [1.807, 2.05) is 0 Å². The van der Waals surface area contributed by atoms with E-state index in [9.17, 15) is 9.18 Å². The van der Waals surface area contributed by atoms with Crippen LogP contribution < -0.4 is 11.1 Å². The lowest BCUT2D eigenvalue weighted by Gasteiger charge is -2.12. The van der Waals surface area contributed by atoms with E-state index < -0.39 is 5.97 Å². The molecular formula is C14H12ClFN2O2. The molecule has 0 saturated carbocycles. The van der Waals surface area contributed by atoms with Gasteiger partial charge < -0.3 is 16.2 Å². The van der Waals surface area contributed by atoms with Gasteiger partial charge in [0.1, 0.15) is 5.82 Å². The first-order valence-electron chi connectivity index (χ1n) is 5.78. The molecule has 0 aliphatic carbocycles. The Hall–Kier alpha value is -2.27. The van der Waals surface area contributed by atoms with Crippen molar-refractivity contribution >= 4 is 28.9 Å². The Bertz CT molecular complexity index is 644. The third-order valence-electron chi connectivity index (χ3n) is 2.73. The molecule has 4 nitrogen and oxygen atoms in total. The van der Waals surface area contributed by atoms with Crippen LogP contribution in [0, 0.1) is 5.82 Å². The number of hydrogen-bond donors (Lipinski definition) is 3. The second-order valence-electron chi connectivity index (χ2n) is 4.21. The van der Waals surface area contributed by atoms with Gasteiger partial charge in [0.25, 0.3) is 0 Å². The zero-order valence-corrected chi connectivity index (χ0v) is 11.1. The van der Waals surface area contributed by atoms with Crippen LogP contribution in [0.3, 0.4) is 0 Å². The van der Waals surface area contributed by atoms with E-state index in [1.54, 1.807) is 12.1 Å². The van der Waals surface area contributed by atoms with Crippen LogP contribution in [0.1, 0.15) is 15.9 Å². The van der Waals surface area contributed by atoms with Crippen LogP contribution in [0.4, 0.5) is 15.8 Å². The number of hydrogen-bond acceptors (Lipinski definition) is 3. The zero-order chi connectivity index (χ0) is 14.7. The van der Waals surface area contributed by atoms with Crippen molar-refractivity contribution in [2.24, 2.45) is 0 Å². The number of nitrogen functional groups attached to an aromatic ring is 1. The Kier molecular flexibility index (Phi) is 4.10. The van der Waals surface area contributed by atoms with Crippen molar-refractivity contribution in [1.82, 2.24) is 0 Å². The molecule has 2 aromatic rings. The molecule has 6 heteroatoms. The molecule has 0 amide bonds. The van der Waals surface area contributed by atoms with Gasteiger partial charge in [-0.15, -0.1) is 0 Å². The summed E-state index contributed by atoms with van der Waals surface area (Å²) in [6.45, 7) is 0.324. The third kappa shape index (κ3) is 3.19. The molecule has 0 spiro atoms. The SMILES string of the molecule is Nc1cc(Cl)c(NCc2ccc(F)cc2)c(C(=O)O)c1. The fourth-order valence-corrected chi connectivity index (χ4v) is 2.06. The molecule has 0 saturated heterocycles. The van der Waals surface area contributed by atoms with Gasteiger partial charge in [-0.05, 0) is 29.8 Å². The van der Waals surface area contributed by atoms with Crippen molar-refractivity contribution < 1.29 is 14.3 Å². The summed E-state index contributed by atoms with van der Waals surface area (Å²) in [5.74, 6) is -1.45. The number of aromatic carboxylic acids is 1. The monoisotopic (exact) mass is 294 g/mol. The number of benzene rings is 2. The predicted molar refractivity (Wildman–Crippen MR) is 76.6 cm³/mol. The van der Waals surface area contributed by atoms with Crippen LogP contribution in [-0.2, 0) is 6.54 Å². The molecule has 0 aliphatic heterocycles. The van der Waals surface area contributed by atoms with Gasteiger partial charge in [-0.2, -0.15) is 0 Å². The van der Waals surface area contributed by atoms with Gasteiger partial charge in [-0.25, -0.2) is 9.18 Å². The Morgan fingerprint density at radius 3 is 2.55 bits per heavy atom. The van der Waals surface area contributed by atoms with Crippen LogP contribution in [0.25, 0.3) is 0 Å². The molecule has 20 heavy (non-hydrogen) atoms. The lowest BCUT2D eigenvalue weighted by Crippen LogP contribution is -2.08. The van der Waals surface area contributed by atoms with Crippen molar-refractivity contribution in [2.45, 2.75) is 6.54 Å². The fraction of sp³-hybridized carbons (Fsp3) is 0.0714. The number of nitrogens with one attached hydrogen (secondary N) is 1. The lowest BCUT2D eigenvalue weighted by atomic mass is 10.1. The molecule has 0 heterocycles. The second kappa shape index (κ2) is 5.79. The molecule has 0 radical (unpaired) electrons. The quantitative estimate of drug-likeness (QED) is 0.756. The van der Waals surface area contributed by atoms with Gasteiger partial charge in [0, 0.05) is 12.2 Å². The minimum atomic E-state index is -1.12. The van der Waals surface area contributed by atoms with E-state index in [2.05, 4.69) is 5.32 Å². The number of carboxylic acid groups (broad SMARTS) is 1. The number of carbonyl (C=O) groups is 1. The van der Waals surface area contributed by atoms with Gasteiger partial charge in [0.05, 0.1) is 16.3 Å². The summed E-state index contributed by atoms with van der Waals surface area (Å²) >= 11 is 6.00. The summed E-state index contributed by atoms with van der Waals surface area (Å²) < 4.78 is 12.8. The molecule has 0 aromatic heterocycles. The second-order valence-corrected chi connectivity index (χ2v) is 4.62. The van der Waals surface area contributed by atoms with E-state index >= 15 is 0 Å². The average Bonchev–Trinajstić information content (AvgIpc) is 2.38. The molecule has 0 aliphatic rings. The highest BCUT2D eigenvalue weighted by Crippen LogP contribution is 2.29. The highest BCUT2D eigenvalue weighted by atomic mass is 35.5. The standard InChI is InChI=1S/C14H12ClFN2O2/c15-12-6-10(17)5-11(14(19)20)13(12)18-7-8-1-3-9(16)4-2-8/h1-6,18H,7,17H2,(H,19,20). The summed E-state index contributed by atoms with van der Waals surface area (Å²) in [4.78, 5) is 11.2. The maximum absolute atomic E-state index is 12.8. The summed E-state index contributed by atoms with van der Waals surface area (Å²) in [6, 6.07) is 8.68. The maximum Gasteiger partial charge on any atom is 0.337 e. The molecule has 0 unspecified atom stereocenters. The van der Waals surface area contributed by atoms with Crippen LogP contribution in [0.5, 0.6) is 0 Å². The number of carboxylic acids is 1. The fourth-order valence-electron chi connectivity index (χ4n) is 1.77. The first kappa shape index (κ1) is 14.1. The Morgan fingerprint density at radius 2 is 1.95 bits per heavy atom. The van der Waals surface area contributed by atoms with Gasteiger partial charge in [0.15, 0.2) is 0 Å². The van der Waals surface area contributed by atoms with E-state index in [0.717, 1.165) is 5.56 Å². The highest BCUT2D eigenvalue weighted by molar-refractivity contribution is 6.34. The smallest absolute Gasteiger partial charge is 0.337 e. The predicted octanol–water partition coefficient (Wildman–Crippen LogP) is 3.37. The van der Waals surface area contributed by atoms with Crippen molar-refractivity contribution in [3.05, 3.63) is 58.4 Å². The molecule has 0 atom stereocenters. The summed E-state index contributed by atoms with van der Waals surface area (Å²) in [5.41, 5.74) is 6.94. The third-order valence-corrected chi connectivity index (χ3v) is 3.02. The largest absolute Gasteiger partial charge is 0.478 e. The molecule has 2 rings (SSSR count). The van der Waals surface area contributed by atoms with Gasteiger partial charge in [0.2, 0.25) is 0 Å². The van der Waals surface area contributed by atoms with E-state index in [1.165, 1.54) is 24.3 Å². The minimum absolute atomic E-state index is 0.00267. The Morgan fingerprint density at radius 1 is 1.30 bits per heavy atom. The highest BCUT2D eigenvalue weighted by Gasteiger charge is 2.14. The Labute approximate surface area is 120 Å². The van der Waals surface area contributed by atoms with Gasteiger partial charge in [-0.3, -0.25) is 0 Å². The van der Waals surface area contributed by atoms with Crippen LogP contribution in [0.15, 0.2) is 36.4 Å². The van der Waals surface area contributed by atoms with E-state index in [4.69, 9.17) is 22.4 Å². The molecular weight excluding hydrogens is 283 g/mol. The van der Waals surface area contributed by atoms with E-state index in [-0.39, 0.29) is 27.8 Å². The van der Waals surface area contributed by atoms with Crippen LogP contribution >= 0.6 is 11.6 Å². The first-order chi connectivity index (χ1) is 9.47. The van der Waals surface area contributed by atoms with Crippen LogP contribution in [-0.4, -0.2) is 11.1 Å². The summed E-state index contributed by atoms with van der Waals surface area (Å²) in [7, 11) is 0.